The lowest BCUT2D eigenvalue weighted by Gasteiger charge is -2.18. The molecule has 0 aliphatic rings. The highest BCUT2D eigenvalue weighted by atomic mass is 16.6. The minimum atomic E-state index is -0.788. The number of ether oxygens (including phenoxy) is 3. The highest BCUT2D eigenvalue weighted by Crippen LogP contribution is 2.15. The summed E-state index contributed by atoms with van der Waals surface area (Å²) in [6.45, 7) is 6.42. The number of carbonyl (C=O) groups excluding carboxylic acids is 3. The van der Waals surface area contributed by atoms with Crippen molar-refractivity contribution >= 4 is 17.9 Å². The van der Waals surface area contributed by atoms with Crippen molar-refractivity contribution in [2.45, 2.75) is 271 Å². The van der Waals surface area contributed by atoms with Crippen LogP contribution in [-0.2, 0) is 28.6 Å². The first-order valence-electron chi connectivity index (χ1n) is 30.0. The zero-order chi connectivity index (χ0) is 52.9. The van der Waals surface area contributed by atoms with Gasteiger partial charge in [-0.1, -0.05) is 258 Å². The Hall–Kier alpha value is -4.19. The van der Waals surface area contributed by atoms with E-state index in [4.69, 9.17) is 14.2 Å². The Balaban J connectivity index is 4.18. The van der Waals surface area contributed by atoms with Gasteiger partial charge in [-0.05, 0) is 109 Å². The molecule has 0 fully saturated rings. The van der Waals surface area contributed by atoms with Crippen LogP contribution in [0, 0.1) is 0 Å². The Morgan fingerprint density at radius 1 is 0.288 bits per heavy atom. The number of rotatable bonds is 53. The molecular formula is C67H110O6. The van der Waals surface area contributed by atoms with Gasteiger partial charge in [-0.3, -0.25) is 14.4 Å². The van der Waals surface area contributed by atoms with Crippen molar-refractivity contribution in [1.82, 2.24) is 0 Å². The van der Waals surface area contributed by atoms with Crippen LogP contribution in [0.1, 0.15) is 265 Å². The SMILES string of the molecule is CC/C=C\C/C=C\C/C=C\C/C=C\C/C=C\C/C=C\C/C=C\C/C=C\CCCCCCCCCCC(=O)OCC(COC(=O)CCCCCCCCCCC)OC(=O)CCCCCCC/C=C\C/C=C\CCC. The van der Waals surface area contributed by atoms with Crippen LogP contribution in [0.25, 0.3) is 0 Å². The number of esters is 3. The minimum Gasteiger partial charge on any atom is -0.462 e. The van der Waals surface area contributed by atoms with Crippen molar-refractivity contribution in [3.8, 4) is 0 Å². The van der Waals surface area contributed by atoms with E-state index in [1.807, 2.05) is 0 Å². The smallest absolute Gasteiger partial charge is 0.306 e. The summed E-state index contributed by atoms with van der Waals surface area (Å²) in [7, 11) is 0. The Bertz CT molecular complexity index is 1540. The van der Waals surface area contributed by atoms with Gasteiger partial charge in [-0.25, -0.2) is 0 Å². The Labute approximate surface area is 450 Å². The lowest BCUT2D eigenvalue weighted by Crippen LogP contribution is -2.30. The summed E-state index contributed by atoms with van der Waals surface area (Å²) < 4.78 is 16.8. The van der Waals surface area contributed by atoms with Crippen molar-refractivity contribution in [3.63, 3.8) is 0 Å². The van der Waals surface area contributed by atoms with E-state index >= 15 is 0 Å². The van der Waals surface area contributed by atoms with Crippen LogP contribution in [-0.4, -0.2) is 37.2 Å². The maximum Gasteiger partial charge on any atom is 0.306 e. The van der Waals surface area contributed by atoms with E-state index in [9.17, 15) is 14.4 Å². The van der Waals surface area contributed by atoms with Crippen molar-refractivity contribution in [2.75, 3.05) is 13.2 Å². The lowest BCUT2D eigenvalue weighted by molar-refractivity contribution is -0.167. The fourth-order valence-corrected chi connectivity index (χ4v) is 7.97. The Morgan fingerprint density at radius 2 is 0.562 bits per heavy atom. The van der Waals surface area contributed by atoms with Crippen molar-refractivity contribution < 1.29 is 28.6 Å². The first-order chi connectivity index (χ1) is 36.0. The number of carbonyl (C=O) groups is 3. The monoisotopic (exact) mass is 1010 g/mol. The second-order valence-corrected chi connectivity index (χ2v) is 19.5. The molecule has 0 saturated heterocycles. The number of unbranched alkanes of at least 4 members (excludes halogenated alkanes) is 22. The second kappa shape index (κ2) is 60.4. The van der Waals surface area contributed by atoms with Gasteiger partial charge >= 0.3 is 17.9 Å². The van der Waals surface area contributed by atoms with Gasteiger partial charge in [-0.15, -0.1) is 0 Å². The summed E-state index contributed by atoms with van der Waals surface area (Å²) in [5.74, 6) is -0.913. The lowest BCUT2D eigenvalue weighted by atomic mass is 10.1. The molecule has 0 aromatic heterocycles. The molecule has 0 bridgehead atoms. The van der Waals surface area contributed by atoms with Gasteiger partial charge < -0.3 is 14.2 Å². The predicted octanol–water partition coefficient (Wildman–Crippen LogP) is 20.4. The first-order valence-corrected chi connectivity index (χ1v) is 30.0. The molecule has 0 rings (SSSR count). The van der Waals surface area contributed by atoms with E-state index in [0.717, 1.165) is 148 Å². The van der Waals surface area contributed by atoms with Crippen LogP contribution in [0.4, 0.5) is 0 Å². The zero-order valence-corrected chi connectivity index (χ0v) is 47.4. The average Bonchev–Trinajstić information content (AvgIpc) is 3.39. The first kappa shape index (κ1) is 68.8. The van der Waals surface area contributed by atoms with E-state index in [-0.39, 0.29) is 31.1 Å². The standard InChI is InChI=1S/C67H110O6/c1-4-7-10-13-16-19-21-23-24-25-26-27-28-29-30-31-32-33-34-35-36-37-38-39-40-41-42-44-45-48-51-54-57-60-66(69)72-63-64(62-71-65(68)59-56-53-50-47-18-15-12-9-6-3)73-67(70)61-58-55-52-49-46-43-22-20-17-14-11-8-5-2/h7,10-11,14,16,19-20,22-24,26-27,29-30,32-33,35-36,38-39,64H,4-6,8-9,12-13,15,17-18,21,25,28,31,34,37,40-63H2,1-3H3/b10-7-,14-11-,19-16-,22-20-,24-23-,27-26-,30-29-,33-32-,36-35-,39-38-. The molecule has 0 aliphatic carbocycles. The highest BCUT2D eigenvalue weighted by molar-refractivity contribution is 5.71. The molecule has 0 aliphatic heterocycles. The summed E-state index contributed by atoms with van der Waals surface area (Å²) in [6.07, 6.45) is 83.5. The predicted molar refractivity (Wildman–Crippen MR) is 316 cm³/mol. The van der Waals surface area contributed by atoms with Gasteiger partial charge in [0.1, 0.15) is 13.2 Å². The summed E-state index contributed by atoms with van der Waals surface area (Å²) in [6, 6.07) is 0. The van der Waals surface area contributed by atoms with E-state index in [1.54, 1.807) is 0 Å². The molecule has 0 aromatic carbocycles. The van der Waals surface area contributed by atoms with Gasteiger partial charge in [0.2, 0.25) is 0 Å². The third kappa shape index (κ3) is 58.6. The molecular weight excluding hydrogens is 901 g/mol. The summed E-state index contributed by atoms with van der Waals surface area (Å²) in [4.78, 5) is 38.0. The number of allylic oxidation sites excluding steroid dienone is 20. The van der Waals surface area contributed by atoms with Crippen LogP contribution in [0.15, 0.2) is 122 Å². The van der Waals surface area contributed by atoms with E-state index < -0.39 is 6.10 Å². The van der Waals surface area contributed by atoms with Gasteiger partial charge in [-0.2, -0.15) is 0 Å². The van der Waals surface area contributed by atoms with Gasteiger partial charge in [0.25, 0.3) is 0 Å². The molecule has 1 atom stereocenters. The van der Waals surface area contributed by atoms with Gasteiger partial charge in [0.05, 0.1) is 0 Å². The summed E-state index contributed by atoms with van der Waals surface area (Å²) in [5, 5.41) is 0. The maximum absolute atomic E-state index is 12.8. The third-order valence-electron chi connectivity index (χ3n) is 12.4. The molecule has 6 nitrogen and oxygen atoms in total. The molecule has 0 spiro atoms. The molecule has 6 heteroatoms. The molecule has 0 radical (unpaired) electrons. The molecule has 0 heterocycles. The second-order valence-electron chi connectivity index (χ2n) is 19.5. The number of hydrogen-bond acceptors (Lipinski definition) is 6. The van der Waals surface area contributed by atoms with Crippen molar-refractivity contribution in [2.24, 2.45) is 0 Å². The molecule has 73 heavy (non-hydrogen) atoms. The van der Waals surface area contributed by atoms with Crippen LogP contribution in [0.2, 0.25) is 0 Å². The van der Waals surface area contributed by atoms with Crippen LogP contribution >= 0.6 is 0 Å². The van der Waals surface area contributed by atoms with Crippen LogP contribution in [0.3, 0.4) is 0 Å². The molecule has 0 aromatic rings. The van der Waals surface area contributed by atoms with E-state index in [0.29, 0.717) is 19.3 Å². The van der Waals surface area contributed by atoms with E-state index in [2.05, 4.69) is 142 Å². The zero-order valence-electron chi connectivity index (χ0n) is 47.4. The third-order valence-corrected chi connectivity index (χ3v) is 12.4. The van der Waals surface area contributed by atoms with Gasteiger partial charge in [0.15, 0.2) is 6.10 Å². The van der Waals surface area contributed by atoms with E-state index in [1.165, 1.54) is 77.0 Å². The molecule has 0 saturated carbocycles. The van der Waals surface area contributed by atoms with Crippen LogP contribution < -0.4 is 0 Å². The normalized spacial score (nSPS) is 13.0. The quantitative estimate of drug-likeness (QED) is 0.0261. The largest absolute Gasteiger partial charge is 0.462 e. The molecule has 0 amide bonds. The van der Waals surface area contributed by atoms with Crippen molar-refractivity contribution in [3.05, 3.63) is 122 Å². The summed E-state index contributed by atoms with van der Waals surface area (Å²) >= 11 is 0. The van der Waals surface area contributed by atoms with Crippen LogP contribution in [0.5, 0.6) is 0 Å². The topological polar surface area (TPSA) is 78.9 Å². The fraction of sp³-hybridized carbons (Fsp3) is 0.657. The molecule has 1 unspecified atom stereocenters. The Morgan fingerprint density at radius 3 is 0.890 bits per heavy atom. The molecule has 0 N–H and O–H groups in total. The highest BCUT2D eigenvalue weighted by Gasteiger charge is 2.19. The van der Waals surface area contributed by atoms with Crippen molar-refractivity contribution in [1.29, 1.82) is 0 Å². The number of hydrogen-bond donors (Lipinski definition) is 0. The minimum absolute atomic E-state index is 0.0862. The molecule has 414 valence electrons. The summed E-state index contributed by atoms with van der Waals surface area (Å²) in [5.41, 5.74) is 0. The Kier molecular flexibility index (Phi) is 56.9. The van der Waals surface area contributed by atoms with Gasteiger partial charge in [0, 0.05) is 19.3 Å². The maximum atomic E-state index is 12.8. The fourth-order valence-electron chi connectivity index (χ4n) is 7.97. The average molecular weight is 1010 g/mol.